The Bertz CT molecular complexity index is 1190. The second kappa shape index (κ2) is 10.1. The highest BCUT2D eigenvalue weighted by Crippen LogP contribution is 2.28. The number of rotatable bonds is 9. The third-order valence-corrected chi connectivity index (χ3v) is 5.32. The van der Waals surface area contributed by atoms with Crippen LogP contribution in [0.15, 0.2) is 24.7 Å². The summed E-state index contributed by atoms with van der Waals surface area (Å²) in [6.45, 7) is 4.16. The van der Waals surface area contributed by atoms with Crippen LogP contribution >= 0.6 is 0 Å². The van der Waals surface area contributed by atoms with Gasteiger partial charge in [-0.1, -0.05) is 0 Å². The average molecular weight is 448 g/mol. The Balaban J connectivity index is 1.54. The van der Waals surface area contributed by atoms with E-state index < -0.39 is 0 Å². The summed E-state index contributed by atoms with van der Waals surface area (Å²) in [5.74, 6) is 2.02. The van der Waals surface area contributed by atoms with Crippen LogP contribution in [0.1, 0.15) is 33.9 Å². The lowest BCUT2D eigenvalue weighted by Gasteiger charge is -2.31. The van der Waals surface area contributed by atoms with Crippen molar-refractivity contribution in [3.63, 3.8) is 0 Å². The van der Waals surface area contributed by atoms with Crippen LogP contribution in [0.5, 0.6) is 0 Å². The fourth-order valence-electron chi connectivity index (χ4n) is 3.71. The molecule has 0 saturated carbocycles. The number of carbonyl (C=O) groups is 1. The number of hydrogen-bond acceptors (Lipinski definition) is 10. The first-order valence-electron chi connectivity index (χ1n) is 10.6. The predicted molar refractivity (Wildman–Crippen MR) is 123 cm³/mol. The van der Waals surface area contributed by atoms with Gasteiger partial charge in [-0.3, -0.25) is 4.79 Å². The van der Waals surface area contributed by atoms with Crippen LogP contribution in [0.25, 0.3) is 5.69 Å². The average Bonchev–Trinajstić information content (AvgIpc) is 3.28. The van der Waals surface area contributed by atoms with Gasteiger partial charge in [0.25, 0.3) is 0 Å². The molecule has 0 saturated heterocycles. The molecule has 0 fully saturated rings. The molecule has 0 radical (unpaired) electrons. The van der Waals surface area contributed by atoms with Crippen molar-refractivity contribution in [2.75, 3.05) is 49.0 Å². The van der Waals surface area contributed by atoms with Crippen molar-refractivity contribution in [1.29, 1.82) is 5.26 Å². The maximum Gasteiger partial charge on any atom is 0.170 e. The number of aldehydes is 1. The van der Waals surface area contributed by atoms with E-state index in [0.717, 1.165) is 37.1 Å². The van der Waals surface area contributed by atoms with E-state index in [9.17, 15) is 10.1 Å². The maximum absolute atomic E-state index is 11.8. The highest BCUT2D eigenvalue weighted by molar-refractivity contribution is 5.80. The van der Waals surface area contributed by atoms with E-state index in [4.69, 9.17) is 4.74 Å². The Hall–Kier alpha value is -4.04. The van der Waals surface area contributed by atoms with Crippen LogP contribution in [0, 0.1) is 18.3 Å². The summed E-state index contributed by atoms with van der Waals surface area (Å²) >= 11 is 0. The lowest BCUT2D eigenvalue weighted by molar-refractivity contribution is 0.111. The van der Waals surface area contributed by atoms with E-state index in [1.54, 1.807) is 31.1 Å². The molecule has 2 N–H and O–H groups in total. The first-order valence-corrected chi connectivity index (χ1v) is 10.6. The molecule has 4 heterocycles. The summed E-state index contributed by atoms with van der Waals surface area (Å²) in [5, 5.41) is 20.1. The van der Waals surface area contributed by atoms with Crippen LogP contribution in [0.3, 0.4) is 0 Å². The van der Waals surface area contributed by atoms with Crippen molar-refractivity contribution >= 4 is 23.6 Å². The molecule has 0 atom stereocenters. The zero-order chi connectivity index (χ0) is 23.2. The molecule has 0 amide bonds. The number of nitriles is 1. The molecule has 1 aliphatic rings. The van der Waals surface area contributed by atoms with Gasteiger partial charge in [-0.25, -0.2) is 19.6 Å². The molecule has 0 aromatic carbocycles. The van der Waals surface area contributed by atoms with Crippen molar-refractivity contribution in [1.82, 2.24) is 24.7 Å². The van der Waals surface area contributed by atoms with E-state index in [1.807, 2.05) is 6.07 Å². The highest BCUT2D eigenvalue weighted by Gasteiger charge is 2.22. The van der Waals surface area contributed by atoms with Crippen molar-refractivity contribution in [2.45, 2.75) is 19.8 Å². The SMILES string of the molecule is COCCNc1cc(NCN2CCCc3cc(-n4cnc(C)n4)c(C=O)nc32)ncc1C#N. The fraction of sp³-hybridized carbons (Fsp3) is 0.364. The lowest BCUT2D eigenvalue weighted by atomic mass is 10.0. The van der Waals surface area contributed by atoms with Gasteiger partial charge in [0, 0.05) is 32.5 Å². The van der Waals surface area contributed by atoms with Gasteiger partial charge in [0.1, 0.15) is 35.6 Å². The third-order valence-electron chi connectivity index (χ3n) is 5.32. The van der Waals surface area contributed by atoms with Gasteiger partial charge in [-0.2, -0.15) is 10.4 Å². The molecular formula is C22H25N9O2. The van der Waals surface area contributed by atoms with E-state index in [1.165, 1.54) is 6.20 Å². The smallest absolute Gasteiger partial charge is 0.170 e. The largest absolute Gasteiger partial charge is 0.383 e. The van der Waals surface area contributed by atoms with E-state index in [0.29, 0.717) is 54.1 Å². The summed E-state index contributed by atoms with van der Waals surface area (Å²) in [6, 6.07) is 5.91. The number of ether oxygens (including phenoxy) is 1. The second-order valence-electron chi connectivity index (χ2n) is 7.58. The van der Waals surface area contributed by atoms with Crippen LogP contribution in [-0.2, 0) is 11.2 Å². The van der Waals surface area contributed by atoms with E-state index in [2.05, 4.69) is 41.7 Å². The van der Waals surface area contributed by atoms with Crippen LogP contribution in [-0.4, -0.2) is 64.5 Å². The van der Waals surface area contributed by atoms with Crippen molar-refractivity contribution in [3.05, 3.63) is 47.3 Å². The third kappa shape index (κ3) is 4.91. The predicted octanol–water partition coefficient (Wildman–Crippen LogP) is 1.93. The molecule has 11 heteroatoms. The van der Waals surface area contributed by atoms with Gasteiger partial charge < -0.3 is 20.3 Å². The first kappa shape index (κ1) is 22.2. The summed E-state index contributed by atoms with van der Waals surface area (Å²) in [4.78, 5) is 27.0. The second-order valence-corrected chi connectivity index (χ2v) is 7.58. The molecule has 0 unspecified atom stereocenters. The number of fused-ring (bicyclic) bond motifs is 1. The molecule has 1 aliphatic heterocycles. The number of hydrogen-bond donors (Lipinski definition) is 2. The Labute approximate surface area is 191 Å². The van der Waals surface area contributed by atoms with Gasteiger partial charge in [0.15, 0.2) is 6.29 Å². The van der Waals surface area contributed by atoms with E-state index >= 15 is 0 Å². The number of nitrogens with one attached hydrogen (secondary N) is 2. The first-order chi connectivity index (χ1) is 16.1. The number of nitrogens with zero attached hydrogens (tertiary/aromatic N) is 7. The van der Waals surface area contributed by atoms with Crippen molar-refractivity contribution in [2.24, 2.45) is 0 Å². The van der Waals surface area contributed by atoms with Gasteiger partial charge >= 0.3 is 0 Å². The molecule has 0 spiro atoms. The topological polar surface area (TPSA) is 134 Å². The fourth-order valence-corrected chi connectivity index (χ4v) is 3.71. The van der Waals surface area contributed by atoms with Gasteiger partial charge in [0.05, 0.1) is 30.2 Å². The van der Waals surface area contributed by atoms with Gasteiger partial charge in [-0.05, 0) is 31.4 Å². The number of aryl methyl sites for hydroxylation is 2. The van der Waals surface area contributed by atoms with Crippen molar-refractivity contribution in [3.8, 4) is 11.8 Å². The molecule has 0 aliphatic carbocycles. The number of aromatic nitrogens is 5. The summed E-state index contributed by atoms with van der Waals surface area (Å²) in [7, 11) is 1.63. The molecule has 11 nitrogen and oxygen atoms in total. The van der Waals surface area contributed by atoms with E-state index in [-0.39, 0.29) is 0 Å². The quantitative estimate of drug-likeness (QED) is 0.370. The van der Waals surface area contributed by atoms with Crippen LogP contribution < -0.4 is 15.5 Å². The molecule has 3 aromatic heterocycles. The number of methoxy groups -OCH3 is 1. The Morgan fingerprint density at radius 2 is 2.18 bits per heavy atom. The van der Waals surface area contributed by atoms with Gasteiger partial charge in [-0.15, -0.1) is 0 Å². The Morgan fingerprint density at radius 3 is 2.91 bits per heavy atom. The molecule has 0 bridgehead atoms. The monoisotopic (exact) mass is 447 g/mol. The number of pyridine rings is 2. The number of carbonyl (C=O) groups excluding carboxylic acids is 1. The van der Waals surface area contributed by atoms with Crippen LogP contribution in [0.4, 0.5) is 17.3 Å². The lowest BCUT2D eigenvalue weighted by Crippen LogP contribution is -2.35. The maximum atomic E-state index is 11.8. The Kier molecular flexibility index (Phi) is 6.75. The normalized spacial score (nSPS) is 12.7. The van der Waals surface area contributed by atoms with Crippen LogP contribution in [0.2, 0.25) is 0 Å². The standard InChI is InChI=1S/C22H25N9O2/c1-15-26-14-31(29-15)20-8-16-4-3-6-30(22(16)28-19(20)12-32)13-27-21-9-18(24-5-7-33-2)17(10-23)11-25-21/h8-9,11-12,14H,3-7,13H2,1-2H3,(H2,24,25,27). The Morgan fingerprint density at radius 1 is 1.30 bits per heavy atom. The molecule has 170 valence electrons. The summed E-state index contributed by atoms with van der Waals surface area (Å²) < 4.78 is 6.65. The minimum Gasteiger partial charge on any atom is -0.383 e. The number of anilines is 3. The summed E-state index contributed by atoms with van der Waals surface area (Å²) in [6.07, 6.45) is 5.69. The molecule has 4 rings (SSSR count). The molecular weight excluding hydrogens is 422 g/mol. The zero-order valence-electron chi connectivity index (χ0n) is 18.6. The van der Waals surface area contributed by atoms with Gasteiger partial charge in [0.2, 0.25) is 0 Å². The molecule has 3 aromatic rings. The minimum atomic E-state index is 0.312. The highest BCUT2D eigenvalue weighted by atomic mass is 16.5. The molecule has 33 heavy (non-hydrogen) atoms. The van der Waals surface area contributed by atoms with Crippen molar-refractivity contribution < 1.29 is 9.53 Å². The summed E-state index contributed by atoms with van der Waals surface area (Å²) in [5.41, 5.74) is 3.14. The zero-order valence-corrected chi connectivity index (χ0v) is 18.6. The minimum absolute atomic E-state index is 0.312.